The highest BCUT2D eigenvalue weighted by Crippen LogP contribution is 2.35. The number of aromatic nitrogens is 1. The maximum Gasteiger partial charge on any atom is 0.220 e. The van der Waals surface area contributed by atoms with Crippen molar-refractivity contribution >= 4 is 24.8 Å². The molecule has 2 aromatic rings. The minimum atomic E-state index is 0. The zero-order valence-electron chi connectivity index (χ0n) is 15.0. The van der Waals surface area contributed by atoms with Gasteiger partial charge in [-0.2, -0.15) is 0 Å². The molecule has 0 radical (unpaired) electrons. The Bertz CT molecular complexity index is 762. The Morgan fingerprint density at radius 2 is 1.85 bits per heavy atom. The molecule has 3 saturated heterocycles. The van der Waals surface area contributed by atoms with Crippen LogP contribution in [0.5, 0.6) is 11.5 Å². The number of rotatable bonds is 4. The Morgan fingerprint density at radius 1 is 1.07 bits per heavy atom. The lowest BCUT2D eigenvalue weighted by Gasteiger charge is -2.44. The van der Waals surface area contributed by atoms with Crippen LogP contribution in [0.4, 0.5) is 0 Å². The average Bonchev–Trinajstić information content (AvgIpc) is 3.16. The maximum atomic E-state index is 6.10. The van der Waals surface area contributed by atoms with Gasteiger partial charge in [0.15, 0.2) is 17.3 Å². The summed E-state index contributed by atoms with van der Waals surface area (Å²) in [6.07, 6.45) is 4.56. The average molecular weight is 415 g/mol. The molecule has 5 heterocycles. The van der Waals surface area contributed by atoms with E-state index >= 15 is 0 Å². The lowest BCUT2D eigenvalue weighted by molar-refractivity contribution is -0.0811. The van der Waals surface area contributed by atoms with Crippen LogP contribution in [0.2, 0.25) is 0 Å². The third kappa shape index (κ3) is 4.19. The van der Waals surface area contributed by atoms with E-state index in [1.807, 2.05) is 18.2 Å². The van der Waals surface area contributed by atoms with Crippen molar-refractivity contribution in [2.24, 2.45) is 5.92 Å². The summed E-state index contributed by atoms with van der Waals surface area (Å²) in [6, 6.07) is 5.81. The molecule has 4 aliphatic rings. The molecule has 2 bridgehead atoms. The number of oxazole rings is 1. The van der Waals surface area contributed by atoms with E-state index in [0.29, 0.717) is 37.7 Å². The fraction of sp³-hybridized carbons (Fsp3) is 0.526. The minimum absolute atomic E-state index is 0. The highest BCUT2D eigenvalue weighted by Gasteiger charge is 2.34. The van der Waals surface area contributed by atoms with Crippen molar-refractivity contribution in [3.05, 3.63) is 30.3 Å². The van der Waals surface area contributed by atoms with Crippen LogP contribution >= 0.6 is 24.8 Å². The van der Waals surface area contributed by atoms with Crippen molar-refractivity contribution in [3.8, 4) is 22.8 Å². The van der Waals surface area contributed by atoms with Gasteiger partial charge in [0.2, 0.25) is 5.89 Å². The Kier molecular flexibility index (Phi) is 6.52. The molecule has 1 aromatic carbocycles. The second kappa shape index (κ2) is 8.69. The maximum absolute atomic E-state index is 6.10. The topological polar surface area (TPSA) is 57.0 Å². The van der Waals surface area contributed by atoms with Crippen LogP contribution in [-0.4, -0.2) is 48.8 Å². The van der Waals surface area contributed by atoms with Crippen LogP contribution in [0.3, 0.4) is 0 Å². The molecular formula is C19H24Cl2N2O4. The molecule has 148 valence electrons. The largest absolute Gasteiger partial charge is 0.486 e. The minimum Gasteiger partial charge on any atom is -0.486 e. The quantitative estimate of drug-likeness (QED) is 0.761. The third-order valence-electron chi connectivity index (χ3n) is 5.40. The first-order valence-corrected chi connectivity index (χ1v) is 9.04. The highest BCUT2D eigenvalue weighted by atomic mass is 35.5. The summed E-state index contributed by atoms with van der Waals surface area (Å²) < 4.78 is 23.2. The zero-order chi connectivity index (χ0) is 16.6. The van der Waals surface area contributed by atoms with E-state index < -0.39 is 0 Å². The molecule has 8 heteroatoms. The van der Waals surface area contributed by atoms with Gasteiger partial charge in [0.25, 0.3) is 0 Å². The number of fused-ring (bicyclic) bond motifs is 4. The van der Waals surface area contributed by atoms with Crippen LogP contribution in [0, 0.1) is 5.92 Å². The number of ether oxygens (including phenoxy) is 3. The van der Waals surface area contributed by atoms with Crippen LogP contribution < -0.4 is 9.47 Å². The van der Waals surface area contributed by atoms with Gasteiger partial charge in [0, 0.05) is 12.1 Å². The van der Waals surface area contributed by atoms with Gasteiger partial charge in [-0.05, 0) is 50.0 Å². The summed E-state index contributed by atoms with van der Waals surface area (Å²) in [5.41, 5.74) is 0.936. The number of hydrogen-bond donors (Lipinski definition) is 0. The molecule has 0 N–H and O–H groups in total. The van der Waals surface area contributed by atoms with Crippen LogP contribution in [0.25, 0.3) is 11.3 Å². The number of benzene rings is 1. The van der Waals surface area contributed by atoms with Gasteiger partial charge in [-0.25, -0.2) is 4.98 Å². The summed E-state index contributed by atoms with van der Waals surface area (Å²) in [6.45, 7) is 5.08. The van der Waals surface area contributed by atoms with Gasteiger partial charge in [-0.1, -0.05) is 0 Å². The van der Waals surface area contributed by atoms with Gasteiger partial charge in [0.05, 0.1) is 12.3 Å². The van der Waals surface area contributed by atoms with Crippen LogP contribution in [0.15, 0.2) is 28.8 Å². The van der Waals surface area contributed by atoms with Gasteiger partial charge in [-0.3, -0.25) is 0 Å². The number of nitrogens with zero attached hydrogens (tertiary/aromatic N) is 2. The fourth-order valence-corrected chi connectivity index (χ4v) is 3.99. The molecule has 1 unspecified atom stereocenters. The molecule has 0 amide bonds. The van der Waals surface area contributed by atoms with E-state index in [4.69, 9.17) is 18.6 Å². The number of hydrogen-bond acceptors (Lipinski definition) is 6. The van der Waals surface area contributed by atoms with E-state index in [-0.39, 0.29) is 24.8 Å². The molecule has 1 atom stereocenters. The predicted octanol–water partition coefficient (Wildman–Crippen LogP) is 3.57. The lowest BCUT2D eigenvalue weighted by atomic mass is 9.86. The van der Waals surface area contributed by atoms with Gasteiger partial charge in [-0.15, -0.1) is 24.8 Å². The molecule has 6 nitrogen and oxygen atoms in total. The molecule has 1 aromatic heterocycles. The SMILES string of the molecule is Cl.Cl.c1cc2c(cc1-c1cnc(COC3CN4CCC3CC4)o1)OCCO2. The molecule has 3 fully saturated rings. The first-order valence-electron chi connectivity index (χ1n) is 9.04. The third-order valence-corrected chi connectivity index (χ3v) is 5.40. The molecule has 0 spiro atoms. The molecule has 27 heavy (non-hydrogen) atoms. The van der Waals surface area contributed by atoms with E-state index in [2.05, 4.69) is 9.88 Å². The van der Waals surface area contributed by atoms with Gasteiger partial charge >= 0.3 is 0 Å². The van der Waals surface area contributed by atoms with Gasteiger partial charge < -0.3 is 23.5 Å². The van der Waals surface area contributed by atoms with Gasteiger partial charge in [0.1, 0.15) is 19.8 Å². The Hall–Kier alpha value is -1.47. The highest BCUT2D eigenvalue weighted by molar-refractivity contribution is 5.85. The normalized spacial score (nSPS) is 25.4. The second-order valence-corrected chi connectivity index (χ2v) is 6.96. The van der Waals surface area contributed by atoms with Crippen molar-refractivity contribution < 1.29 is 18.6 Å². The Labute approximate surface area is 171 Å². The first-order chi connectivity index (χ1) is 12.3. The number of halogens is 2. The predicted molar refractivity (Wildman–Crippen MR) is 105 cm³/mol. The van der Waals surface area contributed by atoms with E-state index in [0.717, 1.165) is 29.4 Å². The first kappa shape index (κ1) is 20.3. The number of piperidine rings is 3. The summed E-state index contributed by atoms with van der Waals surface area (Å²) >= 11 is 0. The van der Waals surface area contributed by atoms with Crippen LogP contribution in [0.1, 0.15) is 18.7 Å². The smallest absolute Gasteiger partial charge is 0.220 e. The molecule has 4 aliphatic heterocycles. The molecule has 0 saturated carbocycles. The van der Waals surface area contributed by atoms with Crippen molar-refractivity contribution in [1.82, 2.24) is 9.88 Å². The summed E-state index contributed by atoms with van der Waals surface area (Å²) in [5, 5.41) is 0. The van der Waals surface area contributed by atoms with Crippen molar-refractivity contribution in [2.75, 3.05) is 32.8 Å². The second-order valence-electron chi connectivity index (χ2n) is 6.96. The Balaban J connectivity index is 0.00000105. The summed E-state index contributed by atoms with van der Waals surface area (Å²) in [5.74, 6) is 3.58. The van der Waals surface area contributed by atoms with E-state index in [1.165, 1.54) is 25.9 Å². The summed E-state index contributed by atoms with van der Waals surface area (Å²) in [7, 11) is 0. The molecular weight excluding hydrogens is 391 g/mol. The van der Waals surface area contributed by atoms with E-state index in [9.17, 15) is 0 Å². The standard InChI is InChI=1S/C19H22N2O4.2ClH/c1-2-15-16(23-8-7-22-15)9-14(1)17-10-20-19(25-17)12-24-18-11-21-5-3-13(18)4-6-21;;/h1-2,9-10,13,18H,3-8,11-12H2;2*1H. The molecule has 6 rings (SSSR count). The summed E-state index contributed by atoms with van der Waals surface area (Å²) in [4.78, 5) is 6.86. The lowest BCUT2D eigenvalue weighted by Crippen LogP contribution is -2.51. The zero-order valence-corrected chi connectivity index (χ0v) is 16.6. The Morgan fingerprint density at radius 3 is 2.59 bits per heavy atom. The molecule has 0 aliphatic carbocycles. The van der Waals surface area contributed by atoms with Crippen molar-refractivity contribution in [2.45, 2.75) is 25.6 Å². The van der Waals surface area contributed by atoms with Crippen molar-refractivity contribution in [1.29, 1.82) is 0 Å². The monoisotopic (exact) mass is 414 g/mol. The van der Waals surface area contributed by atoms with Crippen molar-refractivity contribution in [3.63, 3.8) is 0 Å². The van der Waals surface area contributed by atoms with Crippen LogP contribution in [-0.2, 0) is 11.3 Å². The fourth-order valence-electron chi connectivity index (χ4n) is 3.99. The van der Waals surface area contributed by atoms with E-state index in [1.54, 1.807) is 6.20 Å².